The van der Waals surface area contributed by atoms with E-state index in [1.165, 1.54) is 5.56 Å². The minimum absolute atomic E-state index is 0.121. The highest BCUT2D eigenvalue weighted by atomic mass is 16.5. The third kappa shape index (κ3) is 2.95. The number of fused-ring (bicyclic) bond motifs is 1. The molecule has 112 valence electrons. The first kappa shape index (κ1) is 14.1. The van der Waals surface area contributed by atoms with Crippen LogP contribution in [0.25, 0.3) is 6.08 Å². The third-order valence-corrected chi connectivity index (χ3v) is 4.43. The number of likely N-dealkylation sites (tertiary alicyclic amines) is 1. The van der Waals surface area contributed by atoms with E-state index in [-0.39, 0.29) is 12.1 Å². The molecular weight excluding hydrogens is 266 g/mol. The summed E-state index contributed by atoms with van der Waals surface area (Å²) in [7, 11) is 0. The Hall–Kier alpha value is -1.81. The van der Waals surface area contributed by atoms with Gasteiger partial charge in [-0.15, -0.1) is 0 Å². The number of rotatable bonds is 3. The summed E-state index contributed by atoms with van der Waals surface area (Å²) in [5, 5.41) is 8.87. The molecule has 0 unspecified atom stereocenters. The van der Waals surface area contributed by atoms with E-state index < -0.39 is 5.97 Å². The second kappa shape index (κ2) is 5.53. The highest BCUT2D eigenvalue weighted by Crippen LogP contribution is 2.37. The van der Waals surface area contributed by atoms with Crippen LogP contribution in [0.4, 0.5) is 0 Å². The summed E-state index contributed by atoms with van der Waals surface area (Å²) in [6.07, 6.45) is 6.98. The Kier molecular flexibility index (Phi) is 3.72. The number of carboxylic acid groups (broad SMARTS) is 1. The molecular formula is C17H21NO3. The van der Waals surface area contributed by atoms with Crippen molar-refractivity contribution in [3.8, 4) is 5.75 Å². The molecule has 1 saturated heterocycles. The Morgan fingerprint density at radius 1 is 1.38 bits per heavy atom. The number of aryl methyl sites for hydroxylation is 1. The first-order valence-corrected chi connectivity index (χ1v) is 7.55. The van der Waals surface area contributed by atoms with Gasteiger partial charge in [-0.3, -0.25) is 9.69 Å². The van der Waals surface area contributed by atoms with E-state index in [9.17, 15) is 4.79 Å². The molecule has 1 fully saturated rings. The van der Waals surface area contributed by atoms with Crippen molar-refractivity contribution < 1.29 is 14.6 Å². The Morgan fingerprint density at radius 2 is 2.14 bits per heavy atom. The van der Waals surface area contributed by atoms with Gasteiger partial charge in [0.2, 0.25) is 0 Å². The largest absolute Gasteiger partial charge is 0.482 e. The molecule has 1 spiro atoms. The maximum Gasteiger partial charge on any atom is 0.317 e. The van der Waals surface area contributed by atoms with Crippen molar-refractivity contribution in [2.75, 3.05) is 19.6 Å². The van der Waals surface area contributed by atoms with E-state index in [0.717, 1.165) is 43.7 Å². The fraction of sp³-hybridized carbons (Fsp3) is 0.471. The number of carbonyl (C=O) groups is 1. The van der Waals surface area contributed by atoms with Crippen molar-refractivity contribution in [2.24, 2.45) is 0 Å². The molecule has 2 aliphatic rings. The summed E-state index contributed by atoms with van der Waals surface area (Å²) in [6.45, 7) is 3.79. The number of hydrogen-bond acceptors (Lipinski definition) is 3. The predicted octanol–water partition coefficient (Wildman–Crippen LogP) is 2.57. The van der Waals surface area contributed by atoms with E-state index in [0.29, 0.717) is 0 Å². The predicted molar refractivity (Wildman–Crippen MR) is 81.5 cm³/mol. The normalized spacial score (nSPS) is 20.0. The van der Waals surface area contributed by atoms with E-state index >= 15 is 0 Å². The van der Waals surface area contributed by atoms with Crippen LogP contribution in [-0.2, 0) is 11.2 Å². The molecule has 0 atom stereocenters. The summed E-state index contributed by atoms with van der Waals surface area (Å²) in [5.74, 6) is 0.201. The summed E-state index contributed by atoms with van der Waals surface area (Å²) in [5.41, 5.74) is 2.15. The first-order chi connectivity index (χ1) is 10.1. The maximum absolute atomic E-state index is 10.8. The van der Waals surface area contributed by atoms with Crippen LogP contribution in [-0.4, -0.2) is 41.2 Å². The van der Waals surface area contributed by atoms with Crippen LogP contribution in [0.15, 0.2) is 24.3 Å². The van der Waals surface area contributed by atoms with Crippen molar-refractivity contribution in [2.45, 2.75) is 31.8 Å². The number of nitrogens with zero attached hydrogens (tertiary/aromatic N) is 1. The molecule has 0 radical (unpaired) electrons. The smallest absolute Gasteiger partial charge is 0.317 e. The van der Waals surface area contributed by atoms with E-state index in [2.05, 4.69) is 37.3 Å². The van der Waals surface area contributed by atoms with Gasteiger partial charge in [0.25, 0.3) is 0 Å². The van der Waals surface area contributed by atoms with Crippen LogP contribution in [0, 0.1) is 0 Å². The van der Waals surface area contributed by atoms with Crippen LogP contribution in [0.5, 0.6) is 5.75 Å². The van der Waals surface area contributed by atoms with Gasteiger partial charge < -0.3 is 9.84 Å². The third-order valence-electron chi connectivity index (χ3n) is 4.43. The number of benzene rings is 1. The van der Waals surface area contributed by atoms with Gasteiger partial charge >= 0.3 is 5.97 Å². The Balaban J connectivity index is 1.73. The molecule has 0 aromatic heterocycles. The van der Waals surface area contributed by atoms with Crippen LogP contribution in [0.3, 0.4) is 0 Å². The lowest BCUT2D eigenvalue weighted by Gasteiger charge is -2.41. The second-order valence-electron chi connectivity index (χ2n) is 5.90. The quantitative estimate of drug-likeness (QED) is 0.928. The van der Waals surface area contributed by atoms with Crippen LogP contribution in [0.2, 0.25) is 0 Å². The standard InChI is InChI=1S/C17H21NO3/c1-2-13-3-4-14-5-6-17(21-15(14)11-13)7-9-18(10-8-17)12-16(19)20/h3-6,11H,2,7-10,12H2,1H3,(H,19,20). The lowest BCUT2D eigenvalue weighted by molar-refractivity contribution is -0.139. The fourth-order valence-electron chi connectivity index (χ4n) is 3.07. The van der Waals surface area contributed by atoms with Crippen LogP contribution in [0.1, 0.15) is 30.9 Å². The van der Waals surface area contributed by atoms with Gasteiger partial charge in [-0.1, -0.05) is 25.1 Å². The summed E-state index contributed by atoms with van der Waals surface area (Å²) in [6, 6.07) is 6.38. The minimum Gasteiger partial charge on any atom is -0.482 e. The number of piperidine rings is 1. The average Bonchev–Trinajstić information content (AvgIpc) is 2.49. The molecule has 2 aliphatic heterocycles. The fourth-order valence-corrected chi connectivity index (χ4v) is 3.07. The summed E-state index contributed by atoms with van der Waals surface area (Å²) < 4.78 is 6.30. The van der Waals surface area contributed by atoms with Crippen molar-refractivity contribution >= 4 is 12.0 Å². The van der Waals surface area contributed by atoms with Crippen LogP contribution >= 0.6 is 0 Å². The van der Waals surface area contributed by atoms with Gasteiger partial charge in [0.1, 0.15) is 11.4 Å². The molecule has 4 heteroatoms. The van der Waals surface area contributed by atoms with Crippen LogP contribution < -0.4 is 4.74 Å². The maximum atomic E-state index is 10.8. The number of carboxylic acids is 1. The molecule has 1 N–H and O–H groups in total. The number of ether oxygens (including phenoxy) is 1. The molecule has 0 amide bonds. The van der Waals surface area contributed by atoms with Gasteiger partial charge in [0, 0.05) is 31.5 Å². The molecule has 0 saturated carbocycles. The number of hydrogen-bond donors (Lipinski definition) is 1. The van der Waals surface area contributed by atoms with Gasteiger partial charge in [-0.2, -0.15) is 0 Å². The topological polar surface area (TPSA) is 49.8 Å². The molecule has 2 heterocycles. The summed E-state index contributed by atoms with van der Waals surface area (Å²) >= 11 is 0. The lowest BCUT2D eigenvalue weighted by Crippen LogP contribution is -2.48. The Labute approximate surface area is 125 Å². The van der Waals surface area contributed by atoms with Gasteiger partial charge in [0.05, 0.1) is 6.54 Å². The van der Waals surface area contributed by atoms with E-state index in [1.807, 2.05) is 4.90 Å². The Bertz CT molecular complexity index is 571. The zero-order valence-electron chi connectivity index (χ0n) is 12.3. The minimum atomic E-state index is -0.760. The molecule has 1 aromatic carbocycles. The molecule has 3 rings (SSSR count). The van der Waals surface area contributed by atoms with Crippen molar-refractivity contribution in [1.29, 1.82) is 0 Å². The molecule has 0 aliphatic carbocycles. The molecule has 0 bridgehead atoms. The first-order valence-electron chi connectivity index (χ1n) is 7.55. The van der Waals surface area contributed by atoms with Crippen molar-refractivity contribution in [3.63, 3.8) is 0 Å². The monoisotopic (exact) mass is 287 g/mol. The number of aliphatic carboxylic acids is 1. The van der Waals surface area contributed by atoms with Gasteiger partial charge in [-0.25, -0.2) is 0 Å². The molecule has 21 heavy (non-hydrogen) atoms. The second-order valence-corrected chi connectivity index (χ2v) is 5.90. The zero-order valence-corrected chi connectivity index (χ0v) is 12.3. The highest BCUT2D eigenvalue weighted by Gasteiger charge is 2.36. The van der Waals surface area contributed by atoms with Crippen molar-refractivity contribution in [3.05, 3.63) is 35.4 Å². The highest BCUT2D eigenvalue weighted by molar-refractivity contribution is 5.69. The SMILES string of the molecule is CCc1ccc2c(c1)OC1(C=C2)CCN(CC(=O)O)CC1. The lowest BCUT2D eigenvalue weighted by atomic mass is 9.88. The van der Waals surface area contributed by atoms with E-state index in [1.54, 1.807) is 0 Å². The van der Waals surface area contributed by atoms with Gasteiger partial charge in [-0.05, 0) is 24.1 Å². The van der Waals surface area contributed by atoms with Crippen molar-refractivity contribution in [1.82, 2.24) is 4.90 Å². The van der Waals surface area contributed by atoms with Gasteiger partial charge in [0.15, 0.2) is 0 Å². The van der Waals surface area contributed by atoms with E-state index in [4.69, 9.17) is 9.84 Å². The zero-order chi connectivity index (χ0) is 14.9. The Morgan fingerprint density at radius 3 is 2.81 bits per heavy atom. The summed E-state index contributed by atoms with van der Waals surface area (Å²) in [4.78, 5) is 12.8. The molecule has 1 aromatic rings. The molecule has 4 nitrogen and oxygen atoms in total. The average molecular weight is 287 g/mol.